The van der Waals surface area contributed by atoms with Crippen molar-refractivity contribution in [3.05, 3.63) is 35.9 Å². The standard InChI is InChI=1S/C13H14N2O4S/c1-19-13(17)11-10(15-18)9(7-20-11)14-12(16)8-5-3-2-4-6-8/h2-6,9,11,18H,7H2,1H3,(H,14,16). The summed E-state index contributed by atoms with van der Waals surface area (Å²) in [6.07, 6.45) is 0. The molecule has 0 aromatic heterocycles. The lowest BCUT2D eigenvalue weighted by atomic mass is 10.1. The highest BCUT2D eigenvalue weighted by Crippen LogP contribution is 2.26. The molecular weight excluding hydrogens is 280 g/mol. The highest BCUT2D eigenvalue weighted by Gasteiger charge is 2.39. The van der Waals surface area contributed by atoms with E-state index < -0.39 is 17.3 Å². The van der Waals surface area contributed by atoms with Gasteiger partial charge in [0.2, 0.25) is 0 Å². The number of hydrogen-bond acceptors (Lipinski definition) is 6. The van der Waals surface area contributed by atoms with Crippen molar-refractivity contribution in [3.63, 3.8) is 0 Å². The van der Waals surface area contributed by atoms with Crippen molar-refractivity contribution in [1.82, 2.24) is 5.32 Å². The summed E-state index contributed by atoms with van der Waals surface area (Å²) >= 11 is 1.27. The molecule has 7 heteroatoms. The summed E-state index contributed by atoms with van der Waals surface area (Å²) in [6.45, 7) is 0. The minimum atomic E-state index is -0.675. The molecule has 1 aliphatic heterocycles. The summed E-state index contributed by atoms with van der Waals surface area (Å²) in [4.78, 5) is 23.6. The maximum Gasteiger partial charge on any atom is 0.324 e. The number of carbonyl (C=O) groups excluding carboxylic acids is 2. The Labute approximate surface area is 120 Å². The fourth-order valence-corrected chi connectivity index (χ4v) is 3.16. The molecule has 2 atom stereocenters. The Morgan fingerprint density at radius 1 is 1.40 bits per heavy atom. The second-order valence-electron chi connectivity index (χ2n) is 4.15. The van der Waals surface area contributed by atoms with Crippen molar-refractivity contribution < 1.29 is 19.5 Å². The van der Waals surface area contributed by atoms with Gasteiger partial charge in [0.25, 0.3) is 5.91 Å². The topological polar surface area (TPSA) is 88.0 Å². The fraction of sp³-hybridized carbons (Fsp3) is 0.308. The van der Waals surface area contributed by atoms with Crippen LogP contribution in [0.4, 0.5) is 0 Å². The summed E-state index contributed by atoms with van der Waals surface area (Å²) in [5.41, 5.74) is 0.724. The molecule has 1 aliphatic rings. The van der Waals surface area contributed by atoms with Crippen LogP contribution in [0.3, 0.4) is 0 Å². The minimum absolute atomic E-state index is 0.214. The zero-order chi connectivity index (χ0) is 14.5. The van der Waals surface area contributed by atoms with Gasteiger partial charge in [-0.3, -0.25) is 9.59 Å². The van der Waals surface area contributed by atoms with E-state index in [0.29, 0.717) is 11.3 Å². The number of amides is 1. The van der Waals surface area contributed by atoms with E-state index in [-0.39, 0.29) is 11.6 Å². The molecule has 1 saturated heterocycles. The number of oxime groups is 1. The third kappa shape index (κ3) is 2.93. The second kappa shape index (κ2) is 6.42. The van der Waals surface area contributed by atoms with Crippen molar-refractivity contribution in [3.8, 4) is 0 Å². The van der Waals surface area contributed by atoms with E-state index >= 15 is 0 Å². The van der Waals surface area contributed by atoms with E-state index in [1.165, 1.54) is 18.9 Å². The number of esters is 1. The zero-order valence-electron chi connectivity index (χ0n) is 10.8. The molecule has 0 saturated carbocycles. The molecule has 0 radical (unpaired) electrons. The lowest BCUT2D eigenvalue weighted by molar-refractivity contribution is -0.138. The van der Waals surface area contributed by atoms with Crippen LogP contribution in [0.25, 0.3) is 0 Å². The Morgan fingerprint density at radius 3 is 2.70 bits per heavy atom. The molecule has 0 bridgehead atoms. The molecule has 2 N–H and O–H groups in total. The molecule has 6 nitrogen and oxygen atoms in total. The van der Waals surface area contributed by atoms with Gasteiger partial charge in [0, 0.05) is 11.3 Å². The Balaban J connectivity index is 2.07. The van der Waals surface area contributed by atoms with E-state index in [1.54, 1.807) is 24.3 Å². The first-order chi connectivity index (χ1) is 9.67. The van der Waals surface area contributed by atoms with Gasteiger partial charge >= 0.3 is 5.97 Å². The molecule has 1 aromatic carbocycles. The largest absolute Gasteiger partial charge is 0.468 e. The van der Waals surface area contributed by atoms with Crippen LogP contribution in [0.5, 0.6) is 0 Å². The van der Waals surface area contributed by atoms with Gasteiger partial charge in [-0.15, -0.1) is 11.8 Å². The van der Waals surface area contributed by atoms with Crippen molar-refractivity contribution in [2.75, 3.05) is 12.9 Å². The van der Waals surface area contributed by atoms with Gasteiger partial charge in [-0.25, -0.2) is 0 Å². The lowest BCUT2D eigenvalue weighted by Crippen LogP contribution is -2.43. The monoisotopic (exact) mass is 294 g/mol. The maximum absolute atomic E-state index is 12.0. The van der Waals surface area contributed by atoms with Crippen molar-refractivity contribution in [2.24, 2.45) is 5.16 Å². The molecule has 2 rings (SSSR count). The average Bonchev–Trinajstić information content (AvgIpc) is 2.89. The van der Waals surface area contributed by atoms with Crippen LogP contribution < -0.4 is 5.32 Å². The second-order valence-corrected chi connectivity index (χ2v) is 5.29. The van der Waals surface area contributed by atoms with Crippen LogP contribution in [-0.2, 0) is 9.53 Å². The van der Waals surface area contributed by atoms with Crippen molar-refractivity contribution in [2.45, 2.75) is 11.3 Å². The van der Waals surface area contributed by atoms with Gasteiger partial charge in [-0.1, -0.05) is 23.4 Å². The van der Waals surface area contributed by atoms with Gasteiger partial charge in [-0.05, 0) is 12.1 Å². The van der Waals surface area contributed by atoms with Crippen LogP contribution in [-0.4, -0.2) is 46.9 Å². The molecule has 2 unspecified atom stereocenters. The molecule has 1 heterocycles. The molecule has 20 heavy (non-hydrogen) atoms. The zero-order valence-corrected chi connectivity index (χ0v) is 11.6. The Hall–Kier alpha value is -2.02. The van der Waals surface area contributed by atoms with E-state index in [2.05, 4.69) is 15.2 Å². The number of methoxy groups -OCH3 is 1. The molecular formula is C13H14N2O4S. The van der Waals surface area contributed by atoms with Crippen molar-refractivity contribution >= 4 is 29.4 Å². The van der Waals surface area contributed by atoms with Crippen LogP contribution in [0.1, 0.15) is 10.4 Å². The van der Waals surface area contributed by atoms with Gasteiger partial charge in [0.15, 0.2) is 0 Å². The first-order valence-corrected chi connectivity index (χ1v) is 6.99. The SMILES string of the molecule is COC(=O)C1SCC(NC(=O)c2ccccc2)C1=NO. The molecule has 1 aromatic rings. The number of carbonyl (C=O) groups is 2. The summed E-state index contributed by atoms with van der Waals surface area (Å²) in [6, 6.07) is 8.22. The summed E-state index contributed by atoms with van der Waals surface area (Å²) in [5, 5.41) is 14.3. The first kappa shape index (κ1) is 14.4. The van der Waals surface area contributed by atoms with Crippen LogP contribution >= 0.6 is 11.8 Å². The molecule has 1 amide bonds. The summed E-state index contributed by atoms with van der Waals surface area (Å²) < 4.78 is 4.64. The van der Waals surface area contributed by atoms with Gasteiger partial charge in [-0.2, -0.15) is 0 Å². The highest BCUT2D eigenvalue weighted by atomic mass is 32.2. The first-order valence-electron chi connectivity index (χ1n) is 5.94. The third-order valence-corrected chi connectivity index (χ3v) is 4.22. The van der Waals surface area contributed by atoms with Gasteiger partial charge < -0.3 is 15.3 Å². The third-order valence-electron chi connectivity index (χ3n) is 2.93. The maximum atomic E-state index is 12.0. The predicted molar refractivity (Wildman–Crippen MR) is 75.2 cm³/mol. The number of ether oxygens (including phenoxy) is 1. The quantitative estimate of drug-likeness (QED) is 0.491. The lowest BCUT2D eigenvalue weighted by Gasteiger charge is -2.13. The molecule has 0 spiro atoms. The number of benzene rings is 1. The van der Waals surface area contributed by atoms with E-state index in [9.17, 15) is 9.59 Å². The number of hydrogen-bond donors (Lipinski definition) is 2. The Kier molecular flexibility index (Phi) is 4.62. The molecule has 106 valence electrons. The minimum Gasteiger partial charge on any atom is -0.468 e. The predicted octanol–water partition coefficient (Wildman–Crippen LogP) is 0.904. The number of nitrogens with zero attached hydrogens (tertiary/aromatic N) is 1. The van der Waals surface area contributed by atoms with Gasteiger partial charge in [0.1, 0.15) is 11.0 Å². The summed E-state index contributed by atoms with van der Waals surface area (Å²) in [7, 11) is 1.27. The number of nitrogens with one attached hydrogen (secondary N) is 1. The number of thioether (sulfide) groups is 1. The van der Waals surface area contributed by atoms with Crippen LogP contribution in [0, 0.1) is 0 Å². The van der Waals surface area contributed by atoms with E-state index in [1.807, 2.05) is 6.07 Å². The normalized spacial score (nSPS) is 23.6. The van der Waals surface area contributed by atoms with E-state index in [4.69, 9.17) is 5.21 Å². The highest BCUT2D eigenvalue weighted by molar-refractivity contribution is 8.02. The fourth-order valence-electron chi connectivity index (χ4n) is 1.91. The molecule has 1 fully saturated rings. The Morgan fingerprint density at radius 2 is 2.10 bits per heavy atom. The molecule has 0 aliphatic carbocycles. The van der Waals surface area contributed by atoms with Crippen LogP contribution in [0.15, 0.2) is 35.5 Å². The van der Waals surface area contributed by atoms with E-state index in [0.717, 1.165) is 0 Å². The number of rotatable bonds is 3. The van der Waals surface area contributed by atoms with Crippen molar-refractivity contribution in [1.29, 1.82) is 0 Å². The van der Waals surface area contributed by atoms with Gasteiger partial charge in [0.05, 0.1) is 13.2 Å². The smallest absolute Gasteiger partial charge is 0.324 e. The Bertz CT molecular complexity index is 532. The average molecular weight is 294 g/mol. The van der Waals surface area contributed by atoms with Crippen LogP contribution in [0.2, 0.25) is 0 Å². The summed E-state index contributed by atoms with van der Waals surface area (Å²) in [5.74, 6) is -0.306.